The van der Waals surface area contributed by atoms with Crippen LogP contribution in [-0.2, 0) is 48.5 Å². The number of ether oxygens (including phenoxy) is 1. The average Bonchev–Trinajstić information content (AvgIpc) is 3.17. The zero-order valence-electron chi connectivity index (χ0n) is 21.7. The summed E-state index contributed by atoms with van der Waals surface area (Å²) in [7, 11) is -1.47. The van der Waals surface area contributed by atoms with Crippen molar-refractivity contribution in [1.82, 2.24) is 15.7 Å². The lowest BCUT2D eigenvalue weighted by molar-refractivity contribution is -0.196. The van der Waals surface area contributed by atoms with Crippen LogP contribution in [0.5, 0.6) is 0 Å². The van der Waals surface area contributed by atoms with E-state index in [0.29, 0.717) is 13.0 Å². The predicted molar refractivity (Wildman–Crippen MR) is 143 cm³/mol. The summed E-state index contributed by atoms with van der Waals surface area (Å²) in [6.07, 6.45) is 4.74. The minimum Gasteiger partial charge on any atom is -0.747 e. The molecule has 5 amide bonds. The number of primary amides is 1. The van der Waals surface area contributed by atoms with Crippen LogP contribution in [0.2, 0.25) is 0 Å². The van der Waals surface area contributed by atoms with Crippen molar-refractivity contribution in [2.45, 2.75) is 56.2 Å². The van der Waals surface area contributed by atoms with Crippen LogP contribution < -0.4 is 16.4 Å². The zero-order chi connectivity index (χ0) is 30.1. The number of rotatable bonds is 20. The highest BCUT2D eigenvalue weighted by molar-refractivity contribution is 8.76. The Labute approximate surface area is 239 Å². The molecule has 0 aromatic carbocycles. The minimum absolute atomic E-state index is 0.0996. The van der Waals surface area contributed by atoms with E-state index in [1.54, 1.807) is 0 Å². The Morgan fingerprint density at radius 2 is 1.82 bits per heavy atom. The van der Waals surface area contributed by atoms with E-state index in [0.717, 1.165) is 49.3 Å². The molecule has 2 unspecified atom stereocenters. The summed E-state index contributed by atoms with van der Waals surface area (Å²) in [6.45, 7) is -0.282. The van der Waals surface area contributed by atoms with E-state index in [2.05, 4.69) is 20.5 Å². The number of nitrogens with zero attached hydrogens (tertiary/aromatic N) is 2. The van der Waals surface area contributed by atoms with E-state index in [9.17, 15) is 41.7 Å². The maximum absolute atomic E-state index is 12.4. The standard InChI is InChI=1S/C21H33N5O11S3/c1-36-13-25-14(20(31)23-8-6-4-2-3-5-7-16(22)27)11-38-39-12-17(28)24-10-19(30)37-26-18(29)9-15(21(26)32)40(33,34)35/h13-15H,2-12H2,1H3,(H2,22,27)(H,23,31)(H,24,28)(H,33,34,35)/p-1. The van der Waals surface area contributed by atoms with Crippen LogP contribution in [0.4, 0.5) is 0 Å². The fourth-order valence-corrected chi connectivity index (χ4v) is 5.76. The molecule has 1 saturated heterocycles. The van der Waals surface area contributed by atoms with Crippen LogP contribution in [0.25, 0.3) is 0 Å². The molecular formula is C21H32N5O11S3-. The van der Waals surface area contributed by atoms with E-state index < -0.39 is 58.1 Å². The number of carbonyl (C=O) groups is 6. The smallest absolute Gasteiger partial charge is 0.352 e. The van der Waals surface area contributed by atoms with Crippen LogP contribution in [-0.4, -0.2) is 103 Å². The van der Waals surface area contributed by atoms with Gasteiger partial charge in [0.05, 0.1) is 19.3 Å². The van der Waals surface area contributed by atoms with Gasteiger partial charge in [0.15, 0.2) is 6.40 Å². The highest BCUT2D eigenvalue weighted by atomic mass is 33.1. The SMILES string of the molecule is COC=NC(CSSCC(=O)NCC(=O)ON1C(=O)CC(S(=O)(=O)[O-])C1=O)C(=O)NCCCCCCCC(N)=O. The van der Waals surface area contributed by atoms with E-state index in [-0.39, 0.29) is 28.4 Å². The number of imide groups is 1. The van der Waals surface area contributed by atoms with Crippen molar-refractivity contribution in [3.05, 3.63) is 0 Å². The van der Waals surface area contributed by atoms with Gasteiger partial charge in [0, 0.05) is 18.7 Å². The summed E-state index contributed by atoms with van der Waals surface area (Å²) in [4.78, 5) is 79.0. The van der Waals surface area contributed by atoms with Gasteiger partial charge in [-0.15, -0.1) is 5.06 Å². The van der Waals surface area contributed by atoms with Crippen molar-refractivity contribution in [2.24, 2.45) is 10.7 Å². The average molecular weight is 627 g/mol. The molecule has 1 heterocycles. The highest BCUT2D eigenvalue weighted by Crippen LogP contribution is 2.23. The third-order valence-corrected chi connectivity index (χ3v) is 8.41. The number of nitrogens with one attached hydrogen (secondary N) is 2. The lowest BCUT2D eigenvalue weighted by atomic mass is 10.1. The molecule has 1 fully saturated rings. The van der Waals surface area contributed by atoms with Gasteiger partial charge >= 0.3 is 5.97 Å². The van der Waals surface area contributed by atoms with Crippen molar-refractivity contribution < 1.29 is 51.3 Å². The van der Waals surface area contributed by atoms with Crippen LogP contribution in [0.1, 0.15) is 44.9 Å². The van der Waals surface area contributed by atoms with Crippen molar-refractivity contribution in [1.29, 1.82) is 0 Å². The number of carbonyl (C=O) groups excluding carboxylic acids is 6. The molecule has 0 aliphatic carbocycles. The van der Waals surface area contributed by atoms with Gasteiger partial charge in [0.2, 0.25) is 17.7 Å². The maximum Gasteiger partial charge on any atom is 0.352 e. The summed E-state index contributed by atoms with van der Waals surface area (Å²) >= 11 is 0. The molecule has 226 valence electrons. The normalized spacial score (nSPS) is 16.1. The van der Waals surface area contributed by atoms with E-state index in [1.807, 2.05) is 0 Å². The first-order valence-electron chi connectivity index (χ1n) is 12.0. The second kappa shape index (κ2) is 18.4. The van der Waals surface area contributed by atoms with Gasteiger partial charge in [-0.25, -0.2) is 18.2 Å². The summed E-state index contributed by atoms with van der Waals surface area (Å²) in [5, 5.41) is 2.73. The number of hydrogen-bond acceptors (Lipinski definition) is 14. The summed E-state index contributed by atoms with van der Waals surface area (Å²) < 4.78 is 37.8. The van der Waals surface area contributed by atoms with Gasteiger partial charge in [-0.2, -0.15) is 0 Å². The molecule has 0 radical (unpaired) electrons. The molecule has 0 bridgehead atoms. The first-order valence-corrected chi connectivity index (χ1v) is 16.0. The van der Waals surface area contributed by atoms with Crippen LogP contribution in [0.3, 0.4) is 0 Å². The molecule has 16 nitrogen and oxygen atoms in total. The fourth-order valence-electron chi connectivity index (χ4n) is 3.07. The van der Waals surface area contributed by atoms with Crippen molar-refractivity contribution in [3.63, 3.8) is 0 Å². The molecule has 2 atom stereocenters. The van der Waals surface area contributed by atoms with Gasteiger partial charge in [-0.3, -0.25) is 24.0 Å². The zero-order valence-corrected chi connectivity index (χ0v) is 24.1. The number of hydrogen-bond donors (Lipinski definition) is 3. The number of unbranched alkanes of at least 4 members (excludes halogenated alkanes) is 4. The maximum atomic E-state index is 12.4. The third-order valence-electron chi connectivity index (χ3n) is 5.08. The Morgan fingerprint density at radius 3 is 2.45 bits per heavy atom. The minimum atomic E-state index is -5.10. The quantitative estimate of drug-likeness (QED) is 0.0352. The van der Waals surface area contributed by atoms with Crippen molar-refractivity contribution in [3.8, 4) is 0 Å². The largest absolute Gasteiger partial charge is 0.747 e. The first-order chi connectivity index (χ1) is 18.9. The molecule has 1 aliphatic rings. The number of amides is 5. The van der Waals surface area contributed by atoms with Gasteiger partial charge in [0.25, 0.3) is 11.8 Å². The third kappa shape index (κ3) is 13.9. The lowest BCUT2D eigenvalue weighted by Crippen LogP contribution is -2.40. The molecule has 4 N–H and O–H groups in total. The Morgan fingerprint density at radius 1 is 1.15 bits per heavy atom. The molecule has 0 spiro atoms. The molecule has 19 heteroatoms. The fraction of sp³-hybridized carbons (Fsp3) is 0.667. The molecule has 0 aromatic rings. The van der Waals surface area contributed by atoms with Gasteiger partial charge in [-0.1, -0.05) is 40.9 Å². The number of aliphatic imine (C=N–C) groups is 1. The van der Waals surface area contributed by atoms with Gasteiger partial charge < -0.3 is 30.5 Å². The molecule has 40 heavy (non-hydrogen) atoms. The topological polar surface area (TPSA) is 244 Å². The molecule has 1 rings (SSSR count). The highest BCUT2D eigenvalue weighted by Gasteiger charge is 2.45. The van der Waals surface area contributed by atoms with E-state index >= 15 is 0 Å². The Balaban J connectivity index is 2.30. The Bertz CT molecular complexity index is 1050. The Kier molecular flexibility index (Phi) is 16.2. The number of methoxy groups -OCH3 is 1. The van der Waals surface area contributed by atoms with Crippen LogP contribution in [0.15, 0.2) is 4.99 Å². The van der Waals surface area contributed by atoms with Gasteiger partial charge in [-0.05, 0) is 12.8 Å². The monoisotopic (exact) mass is 626 g/mol. The van der Waals surface area contributed by atoms with Crippen LogP contribution >= 0.6 is 21.6 Å². The summed E-state index contributed by atoms with van der Waals surface area (Å²) in [5.74, 6) is -5.04. The molecule has 0 aromatic heterocycles. The number of nitrogens with two attached hydrogens (primary N) is 1. The number of hydroxylamine groups is 2. The molecule has 0 saturated carbocycles. The predicted octanol–water partition coefficient (Wildman–Crippen LogP) is -1.40. The lowest BCUT2D eigenvalue weighted by Gasteiger charge is -2.15. The molecule has 1 aliphatic heterocycles. The Hall–Kier alpha value is -2.90. The first kappa shape index (κ1) is 35.1. The van der Waals surface area contributed by atoms with Crippen molar-refractivity contribution in [2.75, 3.05) is 31.7 Å². The van der Waals surface area contributed by atoms with E-state index in [1.165, 1.54) is 17.9 Å². The van der Waals surface area contributed by atoms with Crippen molar-refractivity contribution >= 4 is 73.6 Å². The second-order valence-corrected chi connectivity index (χ2v) is 12.3. The second-order valence-electron chi connectivity index (χ2n) is 8.28. The summed E-state index contributed by atoms with van der Waals surface area (Å²) in [6, 6.07) is -0.775. The molecular weight excluding hydrogens is 594 g/mol. The van der Waals surface area contributed by atoms with Gasteiger partial charge in [0.1, 0.15) is 28.0 Å². The summed E-state index contributed by atoms with van der Waals surface area (Å²) in [5.41, 5.74) is 5.09. The van der Waals surface area contributed by atoms with E-state index in [4.69, 9.17) is 10.5 Å². The van der Waals surface area contributed by atoms with Crippen LogP contribution in [0, 0.1) is 0 Å².